The van der Waals surface area contributed by atoms with E-state index in [4.69, 9.17) is 4.42 Å². The zero-order valence-corrected chi connectivity index (χ0v) is 15.1. The Labute approximate surface area is 157 Å². The molecule has 4 nitrogen and oxygen atoms in total. The average molecular weight is 356 g/mol. The monoisotopic (exact) mass is 356 g/mol. The lowest BCUT2D eigenvalue weighted by Crippen LogP contribution is -2.22. The summed E-state index contributed by atoms with van der Waals surface area (Å²) in [5.74, 6) is 0.531. The van der Waals surface area contributed by atoms with Crippen LogP contribution in [-0.4, -0.2) is 10.9 Å². The smallest absolute Gasteiger partial charge is 0.251 e. The number of aromatic nitrogens is 1. The molecular weight excluding hydrogens is 336 g/mol. The summed E-state index contributed by atoms with van der Waals surface area (Å²) < 4.78 is 5.79. The number of aryl methyl sites for hydroxylation is 1. The van der Waals surface area contributed by atoms with Gasteiger partial charge in [-0.15, -0.1) is 0 Å². The van der Waals surface area contributed by atoms with Crippen LogP contribution in [0.4, 0.5) is 0 Å². The molecule has 1 N–H and O–H groups in total. The second kappa shape index (κ2) is 7.46. The quantitative estimate of drug-likeness (QED) is 0.548. The molecule has 0 saturated carbocycles. The lowest BCUT2D eigenvalue weighted by Gasteiger charge is -2.06. The predicted molar refractivity (Wildman–Crippen MR) is 106 cm³/mol. The Hall–Kier alpha value is -3.40. The summed E-state index contributed by atoms with van der Waals surface area (Å²) in [6.45, 7) is 2.57. The molecule has 0 saturated heterocycles. The molecule has 0 atom stereocenters. The molecule has 1 aromatic heterocycles. The molecule has 0 aliphatic rings. The highest BCUT2D eigenvalue weighted by Crippen LogP contribution is 2.24. The summed E-state index contributed by atoms with van der Waals surface area (Å²) in [6.07, 6.45) is 0.967. The van der Waals surface area contributed by atoms with Gasteiger partial charge in [-0.05, 0) is 53.9 Å². The van der Waals surface area contributed by atoms with Gasteiger partial charge in [0.2, 0.25) is 5.89 Å². The molecule has 0 fully saturated rings. The average Bonchev–Trinajstić information content (AvgIpc) is 3.17. The Morgan fingerprint density at radius 2 is 1.63 bits per heavy atom. The molecule has 134 valence electrons. The van der Waals surface area contributed by atoms with Gasteiger partial charge in [0.1, 0.15) is 5.52 Å². The fourth-order valence-corrected chi connectivity index (χ4v) is 2.94. The van der Waals surface area contributed by atoms with Crippen LogP contribution in [0.3, 0.4) is 0 Å². The van der Waals surface area contributed by atoms with E-state index in [1.165, 1.54) is 5.56 Å². The molecule has 0 bridgehead atoms. The van der Waals surface area contributed by atoms with Gasteiger partial charge < -0.3 is 9.73 Å². The van der Waals surface area contributed by atoms with E-state index >= 15 is 0 Å². The zero-order chi connectivity index (χ0) is 18.6. The van der Waals surface area contributed by atoms with E-state index in [9.17, 15) is 4.79 Å². The Balaban J connectivity index is 1.42. The number of rotatable bonds is 5. The molecule has 4 heteroatoms. The van der Waals surface area contributed by atoms with Crippen LogP contribution in [0.15, 0.2) is 77.2 Å². The van der Waals surface area contributed by atoms with Gasteiger partial charge in [-0.1, -0.05) is 43.3 Å². The summed E-state index contributed by atoms with van der Waals surface area (Å²) in [6, 6.07) is 23.3. The fourth-order valence-electron chi connectivity index (χ4n) is 2.94. The number of para-hydroxylation sites is 2. The van der Waals surface area contributed by atoms with Crippen molar-refractivity contribution in [2.75, 3.05) is 0 Å². The van der Waals surface area contributed by atoms with Crippen LogP contribution in [0.2, 0.25) is 0 Å². The van der Waals surface area contributed by atoms with Gasteiger partial charge in [0, 0.05) is 17.7 Å². The van der Waals surface area contributed by atoms with Crippen LogP contribution in [-0.2, 0) is 13.0 Å². The highest BCUT2D eigenvalue weighted by atomic mass is 16.3. The topological polar surface area (TPSA) is 55.1 Å². The van der Waals surface area contributed by atoms with E-state index < -0.39 is 0 Å². The molecule has 0 radical (unpaired) electrons. The van der Waals surface area contributed by atoms with E-state index in [-0.39, 0.29) is 5.91 Å². The fraction of sp³-hybridized carbons (Fsp3) is 0.130. The number of hydrogen-bond donors (Lipinski definition) is 1. The molecule has 3 aromatic carbocycles. The summed E-state index contributed by atoms with van der Waals surface area (Å²) in [5.41, 5.74) is 5.46. The van der Waals surface area contributed by atoms with Gasteiger partial charge in [0.25, 0.3) is 5.91 Å². The van der Waals surface area contributed by atoms with Crippen molar-refractivity contribution in [1.29, 1.82) is 0 Å². The molecule has 1 heterocycles. The molecular formula is C23H20N2O2. The second-order valence-electron chi connectivity index (χ2n) is 6.42. The maximum atomic E-state index is 12.3. The molecule has 1 amide bonds. The number of carbonyl (C=O) groups excluding carboxylic acids is 1. The van der Waals surface area contributed by atoms with Gasteiger partial charge in [-0.3, -0.25) is 4.79 Å². The normalized spacial score (nSPS) is 10.9. The van der Waals surface area contributed by atoms with E-state index in [2.05, 4.69) is 17.2 Å². The molecule has 0 unspecified atom stereocenters. The highest BCUT2D eigenvalue weighted by molar-refractivity contribution is 5.94. The lowest BCUT2D eigenvalue weighted by atomic mass is 10.1. The number of benzene rings is 3. The van der Waals surface area contributed by atoms with Crippen molar-refractivity contribution >= 4 is 17.0 Å². The van der Waals surface area contributed by atoms with E-state index in [0.29, 0.717) is 18.0 Å². The van der Waals surface area contributed by atoms with Crippen molar-refractivity contribution in [2.24, 2.45) is 0 Å². The van der Waals surface area contributed by atoms with Crippen molar-refractivity contribution < 1.29 is 9.21 Å². The maximum absolute atomic E-state index is 12.3. The van der Waals surface area contributed by atoms with Gasteiger partial charge >= 0.3 is 0 Å². The van der Waals surface area contributed by atoms with Crippen LogP contribution >= 0.6 is 0 Å². The Kier molecular flexibility index (Phi) is 4.71. The van der Waals surface area contributed by atoms with Crippen LogP contribution in [0.25, 0.3) is 22.6 Å². The standard InChI is InChI=1S/C23H20N2O2/c1-2-16-7-11-18(12-8-16)22(26)24-15-17-9-13-19(14-10-17)23-25-20-5-3-4-6-21(20)27-23/h3-14H,2,15H2,1H3,(H,24,26). The van der Waals surface area contributed by atoms with Gasteiger partial charge in [0.05, 0.1) is 0 Å². The van der Waals surface area contributed by atoms with Crippen LogP contribution < -0.4 is 5.32 Å². The molecule has 0 spiro atoms. The van der Waals surface area contributed by atoms with E-state index in [1.54, 1.807) is 0 Å². The number of nitrogens with zero attached hydrogens (tertiary/aromatic N) is 1. The summed E-state index contributed by atoms with van der Waals surface area (Å²) in [7, 11) is 0. The molecule has 4 rings (SSSR count). The number of hydrogen-bond acceptors (Lipinski definition) is 3. The Morgan fingerprint density at radius 3 is 2.33 bits per heavy atom. The zero-order valence-electron chi connectivity index (χ0n) is 15.1. The summed E-state index contributed by atoms with van der Waals surface area (Å²) >= 11 is 0. The second-order valence-corrected chi connectivity index (χ2v) is 6.42. The Morgan fingerprint density at radius 1 is 0.926 bits per heavy atom. The largest absolute Gasteiger partial charge is 0.436 e. The SMILES string of the molecule is CCc1ccc(C(=O)NCc2ccc(-c3nc4ccccc4o3)cc2)cc1. The minimum Gasteiger partial charge on any atom is -0.436 e. The van der Waals surface area contributed by atoms with E-state index in [1.807, 2.05) is 72.8 Å². The molecule has 27 heavy (non-hydrogen) atoms. The van der Waals surface area contributed by atoms with Crippen LogP contribution in [0, 0.1) is 0 Å². The number of amides is 1. The number of nitrogens with one attached hydrogen (secondary N) is 1. The first-order valence-corrected chi connectivity index (χ1v) is 9.05. The number of carbonyl (C=O) groups is 1. The van der Waals surface area contributed by atoms with Crippen molar-refractivity contribution in [3.63, 3.8) is 0 Å². The molecule has 4 aromatic rings. The third-order valence-electron chi connectivity index (χ3n) is 4.57. The van der Waals surface area contributed by atoms with E-state index in [0.717, 1.165) is 28.6 Å². The molecule has 0 aliphatic heterocycles. The van der Waals surface area contributed by atoms with Crippen LogP contribution in [0.5, 0.6) is 0 Å². The molecule has 0 aliphatic carbocycles. The van der Waals surface area contributed by atoms with Gasteiger partial charge in [0.15, 0.2) is 5.58 Å². The minimum atomic E-state index is -0.0688. The lowest BCUT2D eigenvalue weighted by molar-refractivity contribution is 0.0951. The van der Waals surface area contributed by atoms with Crippen molar-refractivity contribution in [2.45, 2.75) is 19.9 Å². The van der Waals surface area contributed by atoms with Crippen molar-refractivity contribution in [3.8, 4) is 11.5 Å². The van der Waals surface area contributed by atoms with Crippen molar-refractivity contribution in [3.05, 3.63) is 89.5 Å². The van der Waals surface area contributed by atoms with Gasteiger partial charge in [-0.2, -0.15) is 0 Å². The Bertz CT molecular complexity index is 1030. The summed E-state index contributed by atoms with van der Waals surface area (Å²) in [4.78, 5) is 16.8. The van der Waals surface area contributed by atoms with Gasteiger partial charge in [-0.25, -0.2) is 4.98 Å². The third kappa shape index (κ3) is 3.75. The highest BCUT2D eigenvalue weighted by Gasteiger charge is 2.08. The van der Waals surface area contributed by atoms with Crippen molar-refractivity contribution in [1.82, 2.24) is 10.3 Å². The minimum absolute atomic E-state index is 0.0688. The number of fused-ring (bicyclic) bond motifs is 1. The number of oxazole rings is 1. The van der Waals surface area contributed by atoms with Crippen LogP contribution in [0.1, 0.15) is 28.4 Å². The maximum Gasteiger partial charge on any atom is 0.251 e. The predicted octanol–water partition coefficient (Wildman–Crippen LogP) is 4.99. The first-order chi connectivity index (χ1) is 13.2. The first kappa shape index (κ1) is 17.0. The first-order valence-electron chi connectivity index (χ1n) is 9.05. The summed E-state index contributed by atoms with van der Waals surface area (Å²) in [5, 5.41) is 2.96. The third-order valence-corrected chi connectivity index (χ3v) is 4.57.